The number of hydrogen-bond donors (Lipinski definition) is 0. The summed E-state index contributed by atoms with van der Waals surface area (Å²) in [5, 5.41) is 0. The molecule has 0 bridgehead atoms. The van der Waals surface area contributed by atoms with Crippen LogP contribution in [0.3, 0.4) is 0 Å². The summed E-state index contributed by atoms with van der Waals surface area (Å²) in [6, 6.07) is 0. The molecule has 0 aliphatic carbocycles. The Bertz CT molecular complexity index is 1290. The molecule has 6 nitrogen and oxygen atoms in total. The van der Waals surface area contributed by atoms with Crippen molar-refractivity contribution in [2.45, 2.75) is 264 Å². The maximum Gasteiger partial charge on any atom is 0.306 e. The molecule has 378 valence electrons. The van der Waals surface area contributed by atoms with Gasteiger partial charge in [0.15, 0.2) is 6.10 Å². The van der Waals surface area contributed by atoms with Crippen LogP contribution in [-0.4, -0.2) is 37.2 Å². The lowest BCUT2D eigenvalue weighted by Crippen LogP contribution is -2.30. The number of hydrogen-bond acceptors (Lipinski definition) is 6. The first-order chi connectivity index (χ1) is 32.5. The maximum atomic E-state index is 12.8. The maximum absolute atomic E-state index is 12.8. The summed E-state index contributed by atoms with van der Waals surface area (Å²) >= 11 is 0. The monoisotopic (exact) mass is 919 g/mol. The second kappa shape index (κ2) is 54.2. The zero-order valence-corrected chi connectivity index (χ0v) is 43.2. The van der Waals surface area contributed by atoms with E-state index in [4.69, 9.17) is 14.2 Å². The van der Waals surface area contributed by atoms with Crippen LogP contribution in [0.25, 0.3) is 0 Å². The molecule has 0 radical (unpaired) electrons. The average Bonchev–Trinajstić information content (AvgIpc) is 3.31. The van der Waals surface area contributed by atoms with Gasteiger partial charge in [0, 0.05) is 19.3 Å². The molecule has 0 heterocycles. The number of allylic oxidation sites excluding steroid dienone is 14. The van der Waals surface area contributed by atoms with Crippen LogP contribution in [0.15, 0.2) is 85.1 Å². The van der Waals surface area contributed by atoms with Crippen molar-refractivity contribution in [3.05, 3.63) is 85.1 Å². The first-order valence-electron chi connectivity index (χ1n) is 27.6. The predicted molar refractivity (Wildman–Crippen MR) is 284 cm³/mol. The van der Waals surface area contributed by atoms with Gasteiger partial charge in [-0.05, 0) is 96.3 Å². The molecule has 0 aliphatic rings. The van der Waals surface area contributed by atoms with Crippen molar-refractivity contribution < 1.29 is 28.6 Å². The molecule has 0 aromatic heterocycles. The summed E-state index contributed by atoms with van der Waals surface area (Å²) in [5.74, 6) is -0.907. The van der Waals surface area contributed by atoms with Gasteiger partial charge in [-0.2, -0.15) is 0 Å². The number of carbonyl (C=O) groups excluding carboxylic acids is 3. The van der Waals surface area contributed by atoms with Crippen LogP contribution in [-0.2, 0) is 28.6 Å². The molecule has 6 heteroatoms. The lowest BCUT2D eigenvalue weighted by Gasteiger charge is -2.18. The van der Waals surface area contributed by atoms with Gasteiger partial charge in [-0.15, -0.1) is 0 Å². The zero-order chi connectivity index (χ0) is 47.9. The summed E-state index contributed by atoms with van der Waals surface area (Å²) in [5.41, 5.74) is 0. The van der Waals surface area contributed by atoms with E-state index in [9.17, 15) is 14.4 Å². The Morgan fingerprint density at radius 2 is 0.591 bits per heavy atom. The van der Waals surface area contributed by atoms with Gasteiger partial charge in [0.1, 0.15) is 13.2 Å². The highest BCUT2D eigenvalue weighted by atomic mass is 16.6. The number of esters is 3. The normalized spacial score (nSPS) is 12.7. The summed E-state index contributed by atoms with van der Waals surface area (Å²) in [6.07, 6.45) is 70.2. The number of rotatable bonds is 49. The number of ether oxygens (including phenoxy) is 3. The Kier molecular flexibility index (Phi) is 51.4. The predicted octanol–water partition coefficient (Wildman–Crippen LogP) is 18.4. The van der Waals surface area contributed by atoms with Crippen LogP contribution in [0.1, 0.15) is 258 Å². The van der Waals surface area contributed by atoms with Gasteiger partial charge < -0.3 is 14.2 Å². The Morgan fingerprint density at radius 1 is 0.318 bits per heavy atom. The third kappa shape index (κ3) is 51.6. The van der Waals surface area contributed by atoms with Crippen LogP contribution >= 0.6 is 0 Å². The fourth-order valence-electron chi connectivity index (χ4n) is 7.50. The van der Waals surface area contributed by atoms with E-state index in [1.54, 1.807) is 0 Å². The second-order valence-corrected chi connectivity index (χ2v) is 18.1. The minimum Gasteiger partial charge on any atom is -0.462 e. The van der Waals surface area contributed by atoms with Crippen molar-refractivity contribution in [2.24, 2.45) is 0 Å². The molecule has 0 spiro atoms. The van der Waals surface area contributed by atoms with Crippen LogP contribution in [0.4, 0.5) is 0 Å². The lowest BCUT2D eigenvalue weighted by atomic mass is 10.1. The highest BCUT2D eigenvalue weighted by Gasteiger charge is 2.19. The molecule has 0 saturated carbocycles. The van der Waals surface area contributed by atoms with Crippen LogP contribution in [0.5, 0.6) is 0 Å². The Morgan fingerprint density at radius 3 is 0.955 bits per heavy atom. The molecule has 0 N–H and O–H groups in total. The molecule has 0 saturated heterocycles. The van der Waals surface area contributed by atoms with Gasteiger partial charge in [0.2, 0.25) is 0 Å². The summed E-state index contributed by atoms with van der Waals surface area (Å²) in [6.45, 7) is 6.43. The first kappa shape index (κ1) is 62.6. The van der Waals surface area contributed by atoms with Crippen molar-refractivity contribution >= 4 is 17.9 Å². The molecule has 0 fully saturated rings. The minimum atomic E-state index is -0.782. The summed E-state index contributed by atoms with van der Waals surface area (Å²) < 4.78 is 16.7. The first-order valence-corrected chi connectivity index (χ1v) is 27.6. The van der Waals surface area contributed by atoms with Crippen LogP contribution in [0.2, 0.25) is 0 Å². The fraction of sp³-hybridized carbons (Fsp3) is 0.717. The molecular formula is C60H102O6. The van der Waals surface area contributed by atoms with Gasteiger partial charge in [-0.25, -0.2) is 0 Å². The molecule has 1 atom stereocenters. The van der Waals surface area contributed by atoms with E-state index < -0.39 is 6.10 Å². The third-order valence-corrected chi connectivity index (χ3v) is 11.6. The number of carbonyl (C=O) groups is 3. The Labute approximate surface area is 407 Å². The van der Waals surface area contributed by atoms with Gasteiger partial charge >= 0.3 is 17.9 Å². The standard InChI is InChI=1S/C60H102O6/c1-4-7-10-13-16-18-20-22-24-26-28-29-30-31-33-34-36-38-40-42-44-47-50-53-59(62)65-56-57(55-64-58(61)52-49-46-15-12-9-6-3)66-60(63)54-51-48-45-43-41-39-37-35-32-27-25-23-21-19-17-14-11-8-5-2/h7,10,16-19,22-25,28-29,32,35,57H,4-6,8-9,11-15,20-21,26-27,30-31,33-34,36-56H2,1-3H3/b10-7-,18-16-,19-17-,24-22-,25-23-,29-28-,35-32-. The van der Waals surface area contributed by atoms with E-state index in [1.165, 1.54) is 109 Å². The van der Waals surface area contributed by atoms with E-state index in [0.29, 0.717) is 19.3 Å². The molecule has 0 aromatic carbocycles. The molecule has 1 unspecified atom stereocenters. The number of unbranched alkanes of at least 4 members (excludes halogenated alkanes) is 24. The molecule has 0 aliphatic heterocycles. The largest absolute Gasteiger partial charge is 0.462 e. The zero-order valence-electron chi connectivity index (χ0n) is 43.2. The molecule has 0 aromatic rings. The molecular weight excluding hydrogens is 817 g/mol. The second-order valence-electron chi connectivity index (χ2n) is 18.1. The topological polar surface area (TPSA) is 78.9 Å². The van der Waals surface area contributed by atoms with Gasteiger partial charge in [-0.3, -0.25) is 14.4 Å². The summed E-state index contributed by atoms with van der Waals surface area (Å²) in [7, 11) is 0. The Balaban J connectivity index is 4.20. The quantitative estimate of drug-likeness (QED) is 0.0262. The average molecular weight is 919 g/mol. The fourth-order valence-corrected chi connectivity index (χ4v) is 7.50. The van der Waals surface area contributed by atoms with Gasteiger partial charge in [0.05, 0.1) is 0 Å². The van der Waals surface area contributed by atoms with E-state index in [1.807, 2.05) is 0 Å². The molecule has 0 amide bonds. The van der Waals surface area contributed by atoms with Crippen LogP contribution < -0.4 is 0 Å². The molecule has 0 rings (SSSR count). The SMILES string of the molecule is CC/C=C\C/C=C\C/C=C\C/C=C\CCCCCCCCCCCCC(=O)OCC(COC(=O)CCCCCCCC)OC(=O)CCCCCCCC/C=C\C/C=C\C/C=C\CCCCC. The van der Waals surface area contributed by atoms with Gasteiger partial charge in [0.25, 0.3) is 0 Å². The van der Waals surface area contributed by atoms with E-state index in [2.05, 4.69) is 106 Å². The van der Waals surface area contributed by atoms with Crippen molar-refractivity contribution in [2.75, 3.05) is 13.2 Å². The highest BCUT2D eigenvalue weighted by molar-refractivity contribution is 5.71. The van der Waals surface area contributed by atoms with Gasteiger partial charge in [-0.1, -0.05) is 228 Å². The van der Waals surface area contributed by atoms with Crippen molar-refractivity contribution in [1.82, 2.24) is 0 Å². The van der Waals surface area contributed by atoms with E-state index in [-0.39, 0.29) is 31.1 Å². The minimum absolute atomic E-state index is 0.0831. The van der Waals surface area contributed by atoms with Crippen molar-refractivity contribution in [1.29, 1.82) is 0 Å². The summed E-state index contributed by atoms with van der Waals surface area (Å²) in [4.78, 5) is 37.8. The lowest BCUT2D eigenvalue weighted by molar-refractivity contribution is -0.167. The highest BCUT2D eigenvalue weighted by Crippen LogP contribution is 2.15. The molecule has 66 heavy (non-hydrogen) atoms. The smallest absolute Gasteiger partial charge is 0.306 e. The van der Waals surface area contributed by atoms with E-state index in [0.717, 1.165) is 109 Å². The third-order valence-electron chi connectivity index (χ3n) is 11.6. The Hall–Kier alpha value is -3.41. The van der Waals surface area contributed by atoms with E-state index >= 15 is 0 Å². The van der Waals surface area contributed by atoms with Crippen molar-refractivity contribution in [3.63, 3.8) is 0 Å². The van der Waals surface area contributed by atoms with Crippen LogP contribution in [0, 0.1) is 0 Å². The van der Waals surface area contributed by atoms with Crippen molar-refractivity contribution in [3.8, 4) is 0 Å².